The SMILES string of the molecule is CC12COC(C3(C#N)CC3)(OC1)OC2. The summed E-state index contributed by atoms with van der Waals surface area (Å²) in [7, 11) is 0. The first-order valence-electron chi connectivity index (χ1n) is 4.97. The zero-order valence-corrected chi connectivity index (χ0v) is 8.21. The molecule has 3 aliphatic heterocycles. The van der Waals surface area contributed by atoms with Gasteiger partial charge >= 0.3 is 5.97 Å². The maximum Gasteiger partial charge on any atom is 0.302 e. The third-order valence-electron chi connectivity index (χ3n) is 3.38. The van der Waals surface area contributed by atoms with Gasteiger partial charge in [0.1, 0.15) is 5.41 Å². The zero-order valence-electron chi connectivity index (χ0n) is 8.21. The fraction of sp³-hybridized carbons (Fsp3) is 0.900. The van der Waals surface area contributed by atoms with E-state index in [1.807, 2.05) is 0 Å². The molecule has 4 fully saturated rings. The van der Waals surface area contributed by atoms with Gasteiger partial charge < -0.3 is 14.2 Å². The van der Waals surface area contributed by atoms with Crippen LogP contribution in [0.1, 0.15) is 19.8 Å². The summed E-state index contributed by atoms with van der Waals surface area (Å²) in [5, 5.41) is 9.10. The average molecular weight is 195 g/mol. The van der Waals surface area contributed by atoms with Gasteiger partial charge in [0, 0.05) is 5.41 Å². The molecule has 4 aliphatic rings. The van der Waals surface area contributed by atoms with Crippen LogP contribution >= 0.6 is 0 Å². The van der Waals surface area contributed by atoms with Crippen LogP contribution in [0, 0.1) is 22.2 Å². The van der Waals surface area contributed by atoms with Crippen molar-refractivity contribution < 1.29 is 14.2 Å². The highest BCUT2D eigenvalue weighted by molar-refractivity contribution is 5.17. The maximum absolute atomic E-state index is 9.10. The molecule has 0 aromatic heterocycles. The van der Waals surface area contributed by atoms with Gasteiger partial charge in [0.05, 0.1) is 25.9 Å². The Hall–Kier alpha value is -0.630. The van der Waals surface area contributed by atoms with Crippen molar-refractivity contribution in [2.45, 2.75) is 25.7 Å². The van der Waals surface area contributed by atoms with Crippen LogP contribution in [0.3, 0.4) is 0 Å². The van der Waals surface area contributed by atoms with E-state index in [4.69, 9.17) is 19.5 Å². The quantitative estimate of drug-likeness (QED) is 0.627. The van der Waals surface area contributed by atoms with Gasteiger partial charge in [-0.05, 0) is 12.8 Å². The summed E-state index contributed by atoms with van der Waals surface area (Å²) in [6.45, 7) is 3.98. The number of hydrogen-bond acceptors (Lipinski definition) is 4. The van der Waals surface area contributed by atoms with Gasteiger partial charge in [-0.15, -0.1) is 0 Å². The Kier molecular flexibility index (Phi) is 1.42. The first kappa shape index (κ1) is 8.66. The molecule has 4 rings (SSSR count). The molecule has 4 heteroatoms. The summed E-state index contributed by atoms with van der Waals surface area (Å²) in [5.41, 5.74) is -0.554. The van der Waals surface area contributed by atoms with Crippen molar-refractivity contribution in [3.63, 3.8) is 0 Å². The van der Waals surface area contributed by atoms with Crippen LogP contribution < -0.4 is 0 Å². The highest BCUT2D eigenvalue weighted by Gasteiger charge is 2.69. The molecule has 3 heterocycles. The van der Waals surface area contributed by atoms with Crippen LogP contribution in [0.5, 0.6) is 0 Å². The van der Waals surface area contributed by atoms with Crippen molar-refractivity contribution in [1.29, 1.82) is 5.26 Å². The average Bonchev–Trinajstić information content (AvgIpc) is 3.00. The summed E-state index contributed by atoms with van der Waals surface area (Å²) in [6.07, 6.45) is 1.64. The van der Waals surface area contributed by atoms with Crippen molar-refractivity contribution in [3.8, 4) is 6.07 Å². The van der Waals surface area contributed by atoms with E-state index in [-0.39, 0.29) is 5.41 Å². The normalized spacial score (nSPS) is 48.6. The molecule has 1 saturated carbocycles. The van der Waals surface area contributed by atoms with Crippen LogP contribution in [0.2, 0.25) is 0 Å². The van der Waals surface area contributed by atoms with E-state index in [0.717, 1.165) is 12.8 Å². The number of rotatable bonds is 1. The number of hydrogen-bond donors (Lipinski definition) is 0. The summed E-state index contributed by atoms with van der Waals surface area (Å²) in [5.74, 6) is -1.04. The van der Waals surface area contributed by atoms with Gasteiger partial charge in [-0.2, -0.15) is 5.26 Å². The van der Waals surface area contributed by atoms with Gasteiger partial charge in [-0.1, -0.05) is 6.92 Å². The van der Waals surface area contributed by atoms with E-state index in [9.17, 15) is 0 Å². The second kappa shape index (κ2) is 2.30. The Bertz CT molecular complexity index is 291. The molecule has 4 nitrogen and oxygen atoms in total. The smallest absolute Gasteiger partial charge is 0.302 e. The lowest BCUT2D eigenvalue weighted by molar-refractivity contribution is -0.483. The third-order valence-corrected chi connectivity index (χ3v) is 3.38. The van der Waals surface area contributed by atoms with Gasteiger partial charge in [0.15, 0.2) is 0 Å². The molecule has 0 radical (unpaired) electrons. The minimum atomic E-state index is -1.04. The molecule has 0 atom stereocenters. The van der Waals surface area contributed by atoms with Crippen LogP contribution in [-0.2, 0) is 14.2 Å². The predicted octanol–water partition coefficient (Wildman–Crippen LogP) is 1.03. The summed E-state index contributed by atoms with van der Waals surface area (Å²) < 4.78 is 16.9. The molecule has 3 saturated heterocycles. The highest BCUT2D eigenvalue weighted by Crippen LogP contribution is 2.60. The zero-order chi connectivity index (χ0) is 9.86. The Balaban J connectivity index is 1.90. The van der Waals surface area contributed by atoms with Gasteiger partial charge in [0.2, 0.25) is 0 Å². The van der Waals surface area contributed by atoms with Crippen molar-refractivity contribution in [2.24, 2.45) is 10.8 Å². The van der Waals surface area contributed by atoms with E-state index in [1.54, 1.807) is 0 Å². The summed E-state index contributed by atoms with van der Waals surface area (Å²) in [6, 6.07) is 2.28. The highest BCUT2D eigenvalue weighted by atomic mass is 16.9. The van der Waals surface area contributed by atoms with E-state index < -0.39 is 11.4 Å². The molecular formula is C10H13NO3. The van der Waals surface area contributed by atoms with E-state index in [2.05, 4.69) is 13.0 Å². The topological polar surface area (TPSA) is 51.5 Å². The molecule has 1 aliphatic carbocycles. The minimum absolute atomic E-state index is 0.0205. The number of fused-ring (bicyclic) bond motifs is 3. The summed E-state index contributed by atoms with van der Waals surface area (Å²) in [4.78, 5) is 0. The second-order valence-electron chi connectivity index (χ2n) is 4.93. The first-order chi connectivity index (χ1) is 6.64. The molecule has 0 spiro atoms. The Morgan fingerprint density at radius 3 is 1.93 bits per heavy atom. The Morgan fingerprint density at radius 2 is 1.57 bits per heavy atom. The lowest BCUT2D eigenvalue weighted by Crippen LogP contribution is -2.62. The first-order valence-corrected chi connectivity index (χ1v) is 4.97. The Morgan fingerprint density at radius 1 is 1.07 bits per heavy atom. The molecule has 0 unspecified atom stereocenters. The van der Waals surface area contributed by atoms with Gasteiger partial charge in [-0.3, -0.25) is 0 Å². The lowest BCUT2D eigenvalue weighted by Gasteiger charge is -2.52. The van der Waals surface area contributed by atoms with Crippen molar-refractivity contribution >= 4 is 0 Å². The monoisotopic (exact) mass is 195 g/mol. The van der Waals surface area contributed by atoms with Crippen LogP contribution in [0.4, 0.5) is 0 Å². The van der Waals surface area contributed by atoms with Gasteiger partial charge in [0.25, 0.3) is 0 Å². The molecule has 0 amide bonds. The predicted molar refractivity (Wildman–Crippen MR) is 46.0 cm³/mol. The fourth-order valence-corrected chi connectivity index (χ4v) is 2.08. The molecule has 0 aromatic carbocycles. The van der Waals surface area contributed by atoms with E-state index in [1.165, 1.54) is 0 Å². The van der Waals surface area contributed by atoms with Crippen LogP contribution in [-0.4, -0.2) is 25.8 Å². The van der Waals surface area contributed by atoms with Crippen LogP contribution in [0.25, 0.3) is 0 Å². The molecule has 2 bridgehead atoms. The lowest BCUT2D eigenvalue weighted by atomic mass is 9.89. The second-order valence-corrected chi connectivity index (χ2v) is 4.93. The van der Waals surface area contributed by atoms with Crippen molar-refractivity contribution in [3.05, 3.63) is 0 Å². The largest absolute Gasteiger partial charge is 0.325 e. The van der Waals surface area contributed by atoms with Crippen molar-refractivity contribution in [2.75, 3.05) is 19.8 Å². The molecule has 14 heavy (non-hydrogen) atoms. The fourth-order valence-electron chi connectivity index (χ4n) is 2.08. The van der Waals surface area contributed by atoms with Gasteiger partial charge in [-0.25, -0.2) is 0 Å². The third kappa shape index (κ3) is 0.876. The minimum Gasteiger partial charge on any atom is -0.325 e. The molecule has 0 N–H and O–H groups in total. The molecule has 0 aromatic rings. The Labute approximate surface area is 82.7 Å². The van der Waals surface area contributed by atoms with E-state index >= 15 is 0 Å². The number of ether oxygens (including phenoxy) is 3. The number of nitrogens with zero attached hydrogens (tertiary/aromatic N) is 1. The molecular weight excluding hydrogens is 182 g/mol. The van der Waals surface area contributed by atoms with E-state index in [0.29, 0.717) is 19.8 Å². The number of nitriles is 1. The standard InChI is InChI=1S/C10H13NO3/c1-8-5-12-10(13-6-8,14-7-8)9(4-11)2-3-9/h2-3,5-7H2,1H3. The molecule has 76 valence electrons. The van der Waals surface area contributed by atoms with Crippen LogP contribution in [0.15, 0.2) is 0 Å². The maximum atomic E-state index is 9.10. The van der Waals surface area contributed by atoms with Crippen molar-refractivity contribution in [1.82, 2.24) is 0 Å². The summed E-state index contributed by atoms with van der Waals surface area (Å²) >= 11 is 0.